The van der Waals surface area contributed by atoms with E-state index in [9.17, 15) is 0 Å². The summed E-state index contributed by atoms with van der Waals surface area (Å²) in [6, 6.07) is 0. The van der Waals surface area contributed by atoms with Crippen LogP contribution in [-0.2, 0) is 0 Å². The van der Waals surface area contributed by atoms with Crippen LogP contribution in [0.3, 0.4) is 0 Å². The summed E-state index contributed by atoms with van der Waals surface area (Å²) < 4.78 is 0. The van der Waals surface area contributed by atoms with Gasteiger partial charge >= 0.3 is 0 Å². The van der Waals surface area contributed by atoms with Gasteiger partial charge in [0.2, 0.25) is 0 Å². The van der Waals surface area contributed by atoms with Crippen LogP contribution in [0.1, 0.15) is 12.8 Å². The van der Waals surface area contributed by atoms with Gasteiger partial charge in [-0.3, -0.25) is 5.84 Å². The number of hydrazine groups is 1. The van der Waals surface area contributed by atoms with E-state index in [4.69, 9.17) is 5.84 Å². The monoisotopic (exact) mass is 112 g/mol. The molecule has 0 unspecified atom stereocenters. The van der Waals surface area contributed by atoms with E-state index in [1.807, 2.05) is 5.01 Å². The predicted molar refractivity (Wildman–Crippen MR) is 34.1 cm³/mol. The molecule has 8 heavy (non-hydrogen) atoms. The minimum Gasteiger partial charge on any atom is -0.269 e. The highest BCUT2D eigenvalue weighted by Gasteiger charge is 1.96. The van der Waals surface area contributed by atoms with Crippen molar-refractivity contribution in [2.45, 2.75) is 12.8 Å². The summed E-state index contributed by atoms with van der Waals surface area (Å²) in [5.74, 6) is 5.52. The lowest BCUT2D eigenvalue weighted by Crippen LogP contribution is -2.31. The zero-order chi connectivity index (χ0) is 5.82. The number of nitrogens with zero attached hydrogens (tertiary/aromatic N) is 1. The fourth-order valence-electron chi connectivity index (χ4n) is 0.831. The maximum atomic E-state index is 5.52. The van der Waals surface area contributed by atoms with E-state index in [1.54, 1.807) is 0 Å². The molecule has 0 aromatic rings. The molecule has 0 bridgehead atoms. The van der Waals surface area contributed by atoms with E-state index in [1.165, 1.54) is 12.8 Å². The fraction of sp³-hybridized carbons (Fsp3) is 0.667. The molecule has 0 atom stereocenters. The molecular weight excluding hydrogens is 100 g/mol. The Morgan fingerprint density at radius 3 is 3.12 bits per heavy atom. The molecule has 0 fully saturated rings. The number of nitrogens with two attached hydrogens (primary N) is 1. The van der Waals surface area contributed by atoms with Crippen LogP contribution in [0.25, 0.3) is 0 Å². The molecule has 1 aliphatic heterocycles. The molecule has 1 rings (SSSR count). The Hall–Kier alpha value is -0.340. The fourth-order valence-corrected chi connectivity index (χ4v) is 0.831. The maximum absolute atomic E-state index is 5.52. The zero-order valence-electron chi connectivity index (χ0n) is 5.01. The van der Waals surface area contributed by atoms with Gasteiger partial charge in [0, 0.05) is 13.1 Å². The summed E-state index contributed by atoms with van der Waals surface area (Å²) in [6.45, 7) is 1.95. The maximum Gasteiger partial charge on any atom is 0.0309 e. The van der Waals surface area contributed by atoms with Gasteiger partial charge in [-0.05, 0) is 12.8 Å². The minimum atomic E-state index is 0.917. The first-order valence-electron chi connectivity index (χ1n) is 3.04. The second-order valence-electron chi connectivity index (χ2n) is 2.11. The number of allylic oxidation sites excluding steroid dienone is 1. The second-order valence-corrected chi connectivity index (χ2v) is 2.11. The Labute approximate surface area is 49.9 Å². The molecule has 2 nitrogen and oxygen atoms in total. The van der Waals surface area contributed by atoms with Gasteiger partial charge < -0.3 is 0 Å². The first-order chi connectivity index (χ1) is 3.89. The molecule has 0 amide bonds. The summed E-state index contributed by atoms with van der Waals surface area (Å²) in [5.41, 5.74) is 0. The average molecular weight is 112 g/mol. The van der Waals surface area contributed by atoms with E-state index in [2.05, 4.69) is 12.2 Å². The standard InChI is InChI=1S/C6H12N2/c7-8-5-3-1-2-4-6-8/h1,3H,2,4-7H2. The molecule has 1 aliphatic rings. The first kappa shape index (κ1) is 5.79. The third-order valence-corrected chi connectivity index (χ3v) is 1.32. The van der Waals surface area contributed by atoms with Crippen LogP contribution in [0, 0.1) is 0 Å². The lowest BCUT2D eigenvalue weighted by atomic mass is 10.3. The molecule has 46 valence electrons. The summed E-state index contributed by atoms with van der Waals surface area (Å²) in [6.07, 6.45) is 6.70. The number of hydrogen-bond donors (Lipinski definition) is 1. The summed E-state index contributed by atoms with van der Waals surface area (Å²) in [7, 11) is 0. The molecule has 2 N–H and O–H groups in total. The van der Waals surface area contributed by atoms with Gasteiger partial charge in [0.1, 0.15) is 0 Å². The summed E-state index contributed by atoms with van der Waals surface area (Å²) in [5, 5.41) is 1.84. The number of rotatable bonds is 0. The SMILES string of the molecule is NN1CC=CCCC1. The quantitative estimate of drug-likeness (QED) is 0.365. The van der Waals surface area contributed by atoms with Crippen molar-refractivity contribution in [2.24, 2.45) is 5.84 Å². The van der Waals surface area contributed by atoms with Crippen LogP contribution >= 0.6 is 0 Å². The third-order valence-electron chi connectivity index (χ3n) is 1.32. The van der Waals surface area contributed by atoms with Crippen molar-refractivity contribution in [2.75, 3.05) is 13.1 Å². The van der Waals surface area contributed by atoms with Crippen molar-refractivity contribution in [1.82, 2.24) is 5.01 Å². The summed E-state index contributed by atoms with van der Waals surface area (Å²) in [4.78, 5) is 0. The minimum absolute atomic E-state index is 0.917. The smallest absolute Gasteiger partial charge is 0.0309 e. The zero-order valence-corrected chi connectivity index (χ0v) is 5.01. The van der Waals surface area contributed by atoms with Crippen LogP contribution in [-0.4, -0.2) is 18.1 Å². The molecule has 0 aromatic heterocycles. The van der Waals surface area contributed by atoms with E-state index in [-0.39, 0.29) is 0 Å². The molecule has 1 heterocycles. The van der Waals surface area contributed by atoms with Gasteiger partial charge in [-0.15, -0.1) is 0 Å². The highest BCUT2D eigenvalue weighted by Crippen LogP contribution is 1.97. The molecule has 0 aliphatic carbocycles. The van der Waals surface area contributed by atoms with Crippen molar-refractivity contribution in [3.63, 3.8) is 0 Å². The Kier molecular flexibility index (Phi) is 2.06. The largest absolute Gasteiger partial charge is 0.269 e. The normalized spacial score (nSPS) is 23.1. The third kappa shape index (κ3) is 1.64. The van der Waals surface area contributed by atoms with Crippen molar-refractivity contribution in [1.29, 1.82) is 0 Å². The van der Waals surface area contributed by atoms with E-state index in [0.717, 1.165) is 13.1 Å². The first-order valence-corrected chi connectivity index (χ1v) is 3.04. The molecule has 0 aromatic carbocycles. The average Bonchev–Trinajstić information content (AvgIpc) is 1.94. The van der Waals surface area contributed by atoms with Gasteiger partial charge in [-0.1, -0.05) is 12.2 Å². The highest BCUT2D eigenvalue weighted by molar-refractivity contribution is 4.86. The lowest BCUT2D eigenvalue weighted by Gasteiger charge is -2.09. The van der Waals surface area contributed by atoms with Crippen LogP contribution in [0.4, 0.5) is 0 Å². The van der Waals surface area contributed by atoms with Gasteiger partial charge in [-0.2, -0.15) is 0 Å². The van der Waals surface area contributed by atoms with Crippen molar-refractivity contribution >= 4 is 0 Å². The number of hydrogen-bond acceptors (Lipinski definition) is 2. The highest BCUT2D eigenvalue weighted by atomic mass is 15.4. The van der Waals surface area contributed by atoms with Gasteiger partial charge in [0.05, 0.1) is 0 Å². The molecular formula is C6H12N2. The van der Waals surface area contributed by atoms with E-state index < -0.39 is 0 Å². The Morgan fingerprint density at radius 2 is 2.25 bits per heavy atom. The predicted octanol–water partition coefficient (Wildman–Crippen LogP) is 0.512. The van der Waals surface area contributed by atoms with E-state index in [0.29, 0.717) is 0 Å². The van der Waals surface area contributed by atoms with Gasteiger partial charge in [-0.25, -0.2) is 5.01 Å². The molecule has 0 saturated carbocycles. The van der Waals surface area contributed by atoms with Gasteiger partial charge in [0.25, 0.3) is 0 Å². The Bertz CT molecular complexity index is 88.5. The van der Waals surface area contributed by atoms with Crippen molar-refractivity contribution in [3.05, 3.63) is 12.2 Å². The molecule has 2 heteroatoms. The Balaban J connectivity index is 2.30. The van der Waals surface area contributed by atoms with Crippen LogP contribution in [0.2, 0.25) is 0 Å². The Morgan fingerprint density at radius 1 is 1.38 bits per heavy atom. The van der Waals surface area contributed by atoms with E-state index >= 15 is 0 Å². The summed E-state index contributed by atoms with van der Waals surface area (Å²) >= 11 is 0. The van der Waals surface area contributed by atoms with Gasteiger partial charge in [0.15, 0.2) is 0 Å². The van der Waals surface area contributed by atoms with Crippen LogP contribution in [0.15, 0.2) is 12.2 Å². The topological polar surface area (TPSA) is 29.3 Å². The van der Waals surface area contributed by atoms with Crippen molar-refractivity contribution in [3.8, 4) is 0 Å². The second kappa shape index (κ2) is 2.84. The van der Waals surface area contributed by atoms with Crippen molar-refractivity contribution < 1.29 is 0 Å². The van der Waals surface area contributed by atoms with Crippen LogP contribution in [0.5, 0.6) is 0 Å². The lowest BCUT2D eigenvalue weighted by molar-refractivity contribution is 0.317. The van der Waals surface area contributed by atoms with Crippen LogP contribution < -0.4 is 5.84 Å². The molecule has 0 spiro atoms. The molecule has 0 saturated heterocycles. The molecule has 0 radical (unpaired) electrons.